The standard InChI is InChI=1S/C15H18N2O2/c1-10-4-2-5-11-6-3-7-17(14(10)11)15(19)12-8-13(18)16-9-12/h2,4-5,12H,3,6-9H2,1H3,(H,16,18). The molecule has 0 radical (unpaired) electrons. The second-order valence-corrected chi connectivity index (χ2v) is 5.38. The van der Waals surface area contributed by atoms with Crippen molar-refractivity contribution < 1.29 is 9.59 Å². The Hall–Kier alpha value is -1.84. The fourth-order valence-corrected chi connectivity index (χ4v) is 3.07. The van der Waals surface area contributed by atoms with Gasteiger partial charge in [-0.15, -0.1) is 0 Å². The van der Waals surface area contributed by atoms with Gasteiger partial charge in [0.05, 0.1) is 5.92 Å². The molecule has 2 heterocycles. The van der Waals surface area contributed by atoms with E-state index in [1.54, 1.807) is 0 Å². The molecule has 100 valence electrons. The number of amides is 2. The summed E-state index contributed by atoms with van der Waals surface area (Å²) in [5.41, 5.74) is 3.46. The van der Waals surface area contributed by atoms with Crippen LogP contribution >= 0.6 is 0 Å². The number of nitrogens with one attached hydrogen (secondary N) is 1. The highest BCUT2D eigenvalue weighted by Gasteiger charge is 2.34. The third kappa shape index (κ3) is 2.11. The summed E-state index contributed by atoms with van der Waals surface area (Å²) in [5, 5.41) is 2.74. The lowest BCUT2D eigenvalue weighted by Crippen LogP contribution is -2.40. The molecule has 2 aliphatic heterocycles. The van der Waals surface area contributed by atoms with Crippen LogP contribution in [0, 0.1) is 12.8 Å². The summed E-state index contributed by atoms with van der Waals surface area (Å²) in [5.74, 6) is -0.118. The summed E-state index contributed by atoms with van der Waals surface area (Å²) < 4.78 is 0. The fraction of sp³-hybridized carbons (Fsp3) is 0.467. The van der Waals surface area contributed by atoms with Crippen molar-refractivity contribution in [3.8, 4) is 0 Å². The van der Waals surface area contributed by atoms with Gasteiger partial charge < -0.3 is 10.2 Å². The first-order chi connectivity index (χ1) is 9.16. The van der Waals surface area contributed by atoms with Crippen molar-refractivity contribution in [1.29, 1.82) is 0 Å². The first-order valence-electron chi connectivity index (χ1n) is 6.83. The fourth-order valence-electron chi connectivity index (χ4n) is 3.07. The van der Waals surface area contributed by atoms with Gasteiger partial charge in [-0.2, -0.15) is 0 Å². The summed E-state index contributed by atoms with van der Waals surface area (Å²) >= 11 is 0. The molecule has 1 N–H and O–H groups in total. The molecule has 0 aromatic heterocycles. The topological polar surface area (TPSA) is 49.4 Å². The zero-order valence-electron chi connectivity index (χ0n) is 11.1. The van der Waals surface area contributed by atoms with Crippen LogP contribution in [0.1, 0.15) is 24.0 Å². The molecule has 4 nitrogen and oxygen atoms in total. The molecule has 0 bridgehead atoms. The summed E-state index contributed by atoms with van der Waals surface area (Å²) in [6.45, 7) is 3.29. The van der Waals surface area contributed by atoms with Gasteiger partial charge in [0, 0.05) is 25.2 Å². The molecule has 19 heavy (non-hydrogen) atoms. The number of benzene rings is 1. The van der Waals surface area contributed by atoms with Gasteiger partial charge in [0.15, 0.2) is 0 Å². The van der Waals surface area contributed by atoms with Gasteiger partial charge in [-0.25, -0.2) is 0 Å². The van der Waals surface area contributed by atoms with E-state index in [1.807, 2.05) is 24.0 Å². The Balaban J connectivity index is 1.91. The molecule has 0 spiro atoms. The van der Waals surface area contributed by atoms with Gasteiger partial charge in [0.2, 0.25) is 11.8 Å². The minimum Gasteiger partial charge on any atom is -0.355 e. The Labute approximate surface area is 112 Å². The third-order valence-corrected chi connectivity index (χ3v) is 4.01. The van der Waals surface area contributed by atoms with Crippen LogP contribution in [0.2, 0.25) is 0 Å². The highest BCUT2D eigenvalue weighted by atomic mass is 16.2. The minimum absolute atomic E-state index is 0.0135. The number of carbonyl (C=O) groups excluding carboxylic acids is 2. The highest BCUT2D eigenvalue weighted by Crippen LogP contribution is 2.32. The maximum atomic E-state index is 12.6. The van der Waals surface area contributed by atoms with Crippen LogP contribution in [0.5, 0.6) is 0 Å². The molecule has 1 unspecified atom stereocenters. The summed E-state index contributed by atoms with van der Waals surface area (Å²) in [4.78, 5) is 25.8. The van der Waals surface area contributed by atoms with Crippen molar-refractivity contribution >= 4 is 17.5 Å². The lowest BCUT2D eigenvalue weighted by molar-refractivity contribution is -0.124. The molecular formula is C15H18N2O2. The molecule has 1 fully saturated rings. The van der Waals surface area contributed by atoms with Gasteiger partial charge in [-0.05, 0) is 30.9 Å². The van der Waals surface area contributed by atoms with E-state index in [1.165, 1.54) is 5.56 Å². The van der Waals surface area contributed by atoms with Gasteiger partial charge in [-0.1, -0.05) is 18.2 Å². The molecule has 4 heteroatoms. The van der Waals surface area contributed by atoms with E-state index in [2.05, 4.69) is 11.4 Å². The maximum absolute atomic E-state index is 12.6. The van der Waals surface area contributed by atoms with E-state index in [0.717, 1.165) is 30.6 Å². The van der Waals surface area contributed by atoms with Crippen LogP contribution in [-0.4, -0.2) is 24.9 Å². The Morgan fingerprint density at radius 3 is 3.00 bits per heavy atom. The lowest BCUT2D eigenvalue weighted by Gasteiger charge is -2.32. The number of carbonyl (C=O) groups is 2. The Kier molecular flexibility index (Phi) is 3.01. The van der Waals surface area contributed by atoms with Gasteiger partial charge in [0.25, 0.3) is 0 Å². The average molecular weight is 258 g/mol. The minimum atomic E-state index is -0.196. The third-order valence-electron chi connectivity index (χ3n) is 4.01. The van der Waals surface area contributed by atoms with Crippen molar-refractivity contribution in [2.24, 2.45) is 5.92 Å². The molecular weight excluding hydrogens is 240 g/mol. The second kappa shape index (κ2) is 4.68. The molecule has 1 atom stereocenters. The first-order valence-corrected chi connectivity index (χ1v) is 6.83. The smallest absolute Gasteiger partial charge is 0.232 e. The molecule has 0 aliphatic carbocycles. The quantitative estimate of drug-likeness (QED) is 0.828. The molecule has 1 saturated heterocycles. The maximum Gasteiger partial charge on any atom is 0.232 e. The van der Waals surface area contributed by atoms with Gasteiger partial charge in [-0.3, -0.25) is 9.59 Å². The van der Waals surface area contributed by atoms with E-state index in [0.29, 0.717) is 13.0 Å². The highest BCUT2D eigenvalue weighted by molar-refractivity contribution is 6.00. The second-order valence-electron chi connectivity index (χ2n) is 5.38. The Morgan fingerprint density at radius 1 is 1.42 bits per heavy atom. The molecule has 2 aliphatic rings. The van der Waals surface area contributed by atoms with Crippen LogP contribution in [-0.2, 0) is 16.0 Å². The Morgan fingerprint density at radius 2 is 2.26 bits per heavy atom. The van der Waals surface area contributed by atoms with Gasteiger partial charge in [0.1, 0.15) is 0 Å². The number of nitrogens with zero attached hydrogens (tertiary/aromatic N) is 1. The van der Waals surface area contributed by atoms with Crippen LogP contribution in [0.4, 0.5) is 5.69 Å². The van der Waals surface area contributed by atoms with E-state index in [-0.39, 0.29) is 17.7 Å². The number of fused-ring (bicyclic) bond motifs is 1. The number of hydrogen-bond acceptors (Lipinski definition) is 2. The summed E-state index contributed by atoms with van der Waals surface area (Å²) in [7, 11) is 0. The van der Waals surface area contributed by atoms with Crippen LogP contribution in [0.3, 0.4) is 0 Å². The largest absolute Gasteiger partial charge is 0.355 e. The zero-order valence-corrected chi connectivity index (χ0v) is 11.1. The molecule has 3 rings (SSSR count). The summed E-state index contributed by atoms with van der Waals surface area (Å²) in [6, 6.07) is 6.19. The number of para-hydroxylation sites is 1. The van der Waals surface area contributed by atoms with Crippen LogP contribution in [0.25, 0.3) is 0 Å². The molecule has 1 aromatic carbocycles. The molecule has 0 saturated carbocycles. The normalized spacial score (nSPS) is 22.1. The van der Waals surface area contributed by atoms with Crippen molar-refractivity contribution in [1.82, 2.24) is 5.32 Å². The van der Waals surface area contributed by atoms with Crippen molar-refractivity contribution in [2.75, 3.05) is 18.0 Å². The monoisotopic (exact) mass is 258 g/mol. The van der Waals surface area contributed by atoms with Crippen LogP contribution < -0.4 is 10.2 Å². The predicted octanol–water partition coefficient (Wildman–Crippen LogP) is 1.41. The van der Waals surface area contributed by atoms with E-state index >= 15 is 0 Å². The van der Waals surface area contributed by atoms with Crippen molar-refractivity contribution in [3.05, 3.63) is 29.3 Å². The average Bonchev–Trinajstić information content (AvgIpc) is 2.84. The number of anilines is 1. The molecule has 2 amide bonds. The van der Waals surface area contributed by atoms with Crippen molar-refractivity contribution in [3.63, 3.8) is 0 Å². The molecule has 1 aromatic rings. The van der Waals surface area contributed by atoms with Crippen LogP contribution in [0.15, 0.2) is 18.2 Å². The number of rotatable bonds is 1. The van der Waals surface area contributed by atoms with E-state index in [9.17, 15) is 9.59 Å². The van der Waals surface area contributed by atoms with Gasteiger partial charge >= 0.3 is 0 Å². The van der Waals surface area contributed by atoms with Crippen molar-refractivity contribution in [2.45, 2.75) is 26.2 Å². The first kappa shape index (κ1) is 12.2. The number of aryl methyl sites for hydroxylation is 2. The predicted molar refractivity (Wildman–Crippen MR) is 73.0 cm³/mol. The Bertz CT molecular complexity index is 539. The number of hydrogen-bond donors (Lipinski definition) is 1. The summed E-state index contributed by atoms with van der Waals surface area (Å²) in [6.07, 6.45) is 2.36. The zero-order chi connectivity index (χ0) is 13.4. The van der Waals surface area contributed by atoms with E-state index in [4.69, 9.17) is 0 Å². The SMILES string of the molecule is Cc1cccc2c1N(C(=O)C1CNC(=O)C1)CCC2. The van der Waals surface area contributed by atoms with E-state index < -0.39 is 0 Å². The lowest BCUT2D eigenvalue weighted by atomic mass is 9.96.